The Labute approximate surface area is 346 Å². The molecule has 9 aromatic rings. The SMILES string of the molecule is c1ccc(N(c2ccccc2)c2ccccc2[As](c2ccccc2N(c2ccccc2)c2ccccc2)c2ccccc2N(c2ccccc2)c2ccccc2)cc1. The second-order valence-corrected chi connectivity index (χ2v) is 18.3. The van der Waals surface area contributed by atoms with Gasteiger partial charge >= 0.3 is 348 Å². The molecular formula is C54H42AsN3. The molecule has 0 unspecified atom stereocenters. The monoisotopic (exact) mass is 807 g/mol. The van der Waals surface area contributed by atoms with Crippen LogP contribution in [0.5, 0.6) is 0 Å². The fourth-order valence-electron chi connectivity index (χ4n) is 7.66. The van der Waals surface area contributed by atoms with E-state index >= 15 is 0 Å². The van der Waals surface area contributed by atoms with Crippen molar-refractivity contribution in [3.8, 4) is 0 Å². The molecule has 9 rings (SSSR count). The van der Waals surface area contributed by atoms with Crippen molar-refractivity contribution in [3.05, 3.63) is 255 Å². The van der Waals surface area contributed by atoms with Crippen LogP contribution in [0.4, 0.5) is 51.2 Å². The van der Waals surface area contributed by atoms with Crippen LogP contribution in [-0.2, 0) is 0 Å². The molecule has 0 bridgehead atoms. The molecule has 58 heavy (non-hydrogen) atoms. The molecule has 3 nitrogen and oxygen atoms in total. The van der Waals surface area contributed by atoms with E-state index in [0.717, 1.165) is 34.1 Å². The molecule has 0 fully saturated rings. The van der Waals surface area contributed by atoms with Crippen molar-refractivity contribution < 1.29 is 0 Å². The van der Waals surface area contributed by atoms with E-state index in [1.807, 2.05) is 0 Å². The standard InChI is InChI=1S/C54H42AsN3/c1-7-25-43(26-8-1)56(44-27-9-2-10-28-44)52-40-22-19-37-49(52)55(50-38-20-23-41-53(50)57(45-29-11-3-12-30-45)46-31-13-4-14-32-46)51-39-21-24-42-54(51)58(47-33-15-5-16-34-47)48-35-17-6-18-36-48/h1-42H. The van der Waals surface area contributed by atoms with Crippen LogP contribution in [0.25, 0.3) is 0 Å². The molecule has 0 saturated heterocycles. The number of hydrogen-bond acceptors (Lipinski definition) is 3. The first kappa shape index (κ1) is 36.6. The van der Waals surface area contributed by atoms with Gasteiger partial charge in [-0.2, -0.15) is 0 Å². The van der Waals surface area contributed by atoms with Crippen LogP contribution in [0.3, 0.4) is 0 Å². The van der Waals surface area contributed by atoms with Crippen molar-refractivity contribution in [3.63, 3.8) is 0 Å². The summed E-state index contributed by atoms with van der Waals surface area (Å²) >= 11 is -2.57. The van der Waals surface area contributed by atoms with Gasteiger partial charge in [0.05, 0.1) is 0 Å². The van der Waals surface area contributed by atoms with Crippen molar-refractivity contribution in [2.75, 3.05) is 14.7 Å². The molecule has 0 aliphatic rings. The van der Waals surface area contributed by atoms with E-state index in [0.29, 0.717) is 0 Å². The van der Waals surface area contributed by atoms with Gasteiger partial charge in [0, 0.05) is 0 Å². The second kappa shape index (κ2) is 17.4. The van der Waals surface area contributed by atoms with Crippen LogP contribution in [0, 0.1) is 0 Å². The Balaban J connectivity index is 1.36. The van der Waals surface area contributed by atoms with Crippen molar-refractivity contribution in [2.24, 2.45) is 0 Å². The minimum atomic E-state index is -2.57. The molecule has 0 spiro atoms. The van der Waals surface area contributed by atoms with E-state index in [4.69, 9.17) is 0 Å². The fourth-order valence-corrected chi connectivity index (χ4v) is 13.3. The van der Waals surface area contributed by atoms with E-state index in [2.05, 4.69) is 269 Å². The fraction of sp³-hybridized carbons (Fsp3) is 0. The topological polar surface area (TPSA) is 9.72 Å². The number of para-hydroxylation sites is 9. The van der Waals surface area contributed by atoms with Gasteiger partial charge in [0.2, 0.25) is 0 Å². The van der Waals surface area contributed by atoms with Crippen LogP contribution >= 0.6 is 0 Å². The number of rotatable bonds is 12. The second-order valence-electron chi connectivity index (χ2n) is 13.8. The Morgan fingerprint density at radius 2 is 0.362 bits per heavy atom. The zero-order chi connectivity index (χ0) is 38.9. The molecule has 0 saturated carbocycles. The van der Waals surface area contributed by atoms with Gasteiger partial charge in [0.15, 0.2) is 0 Å². The van der Waals surface area contributed by atoms with E-state index in [1.165, 1.54) is 30.1 Å². The average Bonchev–Trinajstić information content (AvgIpc) is 3.30. The third-order valence-electron chi connectivity index (χ3n) is 10.2. The molecular weight excluding hydrogens is 766 g/mol. The molecule has 278 valence electrons. The Kier molecular flexibility index (Phi) is 11.0. The summed E-state index contributed by atoms with van der Waals surface area (Å²) in [6.45, 7) is 0. The summed E-state index contributed by atoms with van der Waals surface area (Å²) in [6.07, 6.45) is 0. The summed E-state index contributed by atoms with van der Waals surface area (Å²) in [4.78, 5) is 7.29. The average molecular weight is 808 g/mol. The van der Waals surface area contributed by atoms with Gasteiger partial charge in [-0.05, 0) is 0 Å². The third kappa shape index (κ3) is 7.56. The summed E-state index contributed by atoms with van der Waals surface area (Å²) in [7, 11) is 0. The molecule has 0 aliphatic carbocycles. The Morgan fingerprint density at radius 3 is 0.569 bits per heavy atom. The molecule has 0 N–H and O–H groups in total. The third-order valence-corrected chi connectivity index (χ3v) is 15.6. The minimum absolute atomic E-state index is 1.11. The molecule has 9 aromatic carbocycles. The number of benzene rings is 9. The maximum atomic E-state index is 2.43. The van der Waals surface area contributed by atoms with Gasteiger partial charge in [0.25, 0.3) is 0 Å². The van der Waals surface area contributed by atoms with Gasteiger partial charge < -0.3 is 0 Å². The van der Waals surface area contributed by atoms with E-state index < -0.39 is 14.7 Å². The van der Waals surface area contributed by atoms with Gasteiger partial charge in [-0.25, -0.2) is 0 Å². The normalized spacial score (nSPS) is 10.9. The first-order chi connectivity index (χ1) is 28.8. The molecule has 0 atom stereocenters. The van der Waals surface area contributed by atoms with E-state index in [1.54, 1.807) is 0 Å². The summed E-state index contributed by atoms with van der Waals surface area (Å²) < 4.78 is 3.97. The molecule has 0 amide bonds. The van der Waals surface area contributed by atoms with Crippen molar-refractivity contribution in [2.45, 2.75) is 0 Å². The van der Waals surface area contributed by atoms with Crippen LogP contribution in [0.2, 0.25) is 0 Å². The number of anilines is 9. The van der Waals surface area contributed by atoms with Crippen LogP contribution in [0.1, 0.15) is 0 Å². The first-order valence-corrected chi connectivity index (χ1v) is 22.4. The van der Waals surface area contributed by atoms with Crippen molar-refractivity contribution in [1.29, 1.82) is 0 Å². The quantitative estimate of drug-likeness (QED) is 0.114. The molecule has 0 aromatic heterocycles. The Hall–Kier alpha value is -7.06. The predicted octanol–water partition coefficient (Wildman–Crippen LogP) is 12.6. The summed E-state index contributed by atoms with van der Waals surface area (Å²) in [6, 6.07) is 91.9. The van der Waals surface area contributed by atoms with Gasteiger partial charge in [0.1, 0.15) is 0 Å². The number of hydrogen-bond donors (Lipinski definition) is 0. The van der Waals surface area contributed by atoms with Gasteiger partial charge in [-0.15, -0.1) is 0 Å². The summed E-state index contributed by atoms with van der Waals surface area (Å²) in [5.74, 6) is 0. The summed E-state index contributed by atoms with van der Waals surface area (Å²) in [5.41, 5.74) is 10.2. The first-order valence-electron chi connectivity index (χ1n) is 19.6. The zero-order valence-electron chi connectivity index (χ0n) is 32.0. The van der Waals surface area contributed by atoms with Gasteiger partial charge in [-0.1, -0.05) is 0 Å². The van der Waals surface area contributed by atoms with Crippen LogP contribution < -0.4 is 27.8 Å². The van der Waals surface area contributed by atoms with Crippen molar-refractivity contribution in [1.82, 2.24) is 0 Å². The van der Waals surface area contributed by atoms with Crippen LogP contribution in [-0.4, -0.2) is 14.7 Å². The maximum absolute atomic E-state index is 2.57. The van der Waals surface area contributed by atoms with Crippen LogP contribution in [0.15, 0.2) is 255 Å². The number of nitrogens with zero attached hydrogens (tertiary/aromatic N) is 3. The van der Waals surface area contributed by atoms with E-state index in [9.17, 15) is 0 Å². The molecule has 0 radical (unpaired) electrons. The zero-order valence-corrected chi connectivity index (χ0v) is 33.9. The molecule has 0 heterocycles. The molecule has 4 heteroatoms. The van der Waals surface area contributed by atoms with E-state index in [-0.39, 0.29) is 0 Å². The van der Waals surface area contributed by atoms with Crippen molar-refractivity contribution >= 4 is 78.9 Å². The molecule has 0 aliphatic heterocycles. The Bertz CT molecular complexity index is 2260. The predicted molar refractivity (Wildman–Crippen MR) is 248 cm³/mol. The summed E-state index contributed by atoms with van der Waals surface area (Å²) in [5, 5.41) is 0. The van der Waals surface area contributed by atoms with Gasteiger partial charge in [-0.3, -0.25) is 0 Å². The Morgan fingerprint density at radius 1 is 0.190 bits per heavy atom.